The minimum atomic E-state index is -0.398. The number of piperidine rings is 1. The molecule has 7 heteroatoms. The van der Waals surface area contributed by atoms with Crippen LogP contribution in [0.25, 0.3) is 0 Å². The van der Waals surface area contributed by atoms with E-state index in [1.165, 1.54) is 24.3 Å². The Labute approximate surface area is 177 Å². The number of halogens is 1. The number of aldehydes is 1. The number of hydrogen-bond acceptors (Lipinski definition) is 4. The van der Waals surface area contributed by atoms with Crippen molar-refractivity contribution in [3.8, 4) is 0 Å². The van der Waals surface area contributed by atoms with Crippen LogP contribution in [0.1, 0.15) is 43.5 Å². The van der Waals surface area contributed by atoms with Gasteiger partial charge in [0.05, 0.1) is 6.04 Å². The summed E-state index contributed by atoms with van der Waals surface area (Å²) in [6, 6.07) is 5.37. The molecule has 0 aliphatic carbocycles. The molecular weight excluding hydrogens is 389 g/mol. The molecule has 2 aliphatic rings. The van der Waals surface area contributed by atoms with Crippen molar-refractivity contribution in [2.24, 2.45) is 5.92 Å². The van der Waals surface area contributed by atoms with Gasteiger partial charge in [-0.25, -0.2) is 4.39 Å². The summed E-state index contributed by atoms with van der Waals surface area (Å²) in [4.78, 5) is 25.4. The molecule has 2 unspecified atom stereocenters. The SMILES string of the molecule is CC.O=CCC1CCC(C2=CNCC=C2)N(C(=S)NC(=O)c2ccc(F)cc2)C1. The topological polar surface area (TPSA) is 61.4 Å². The molecule has 0 radical (unpaired) electrons. The van der Waals surface area contributed by atoms with Crippen molar-refractivity contribution in [2.45, 2.75) is 39.2 Å². The van der Waals surface area contributed by atoms with Gasteiger partial charge in [-0.1, -0.05) is 26.0 Å². The van der Waals surface area contributed by atoms with Crippen LogP contribution in [-0.2, 0) is 4.79 Å². The summed E-state index contributed by atoms with van der Waals surface area (Å²) in [5.41, 5.74) is 1.44. The molecule has 156 valence electrons. The van der Waals surface area contributed by atoms with Crippen LogP contribution in [0, 0.1) is 11.7 Å². The Bertz CT molecular complexity index is 777. The molecule has 3 rings (SSSR count). The maximum atomic E-state index is 13.1. The van der Waals surface area contributed by atoms with E-state index >= 15 is 0 Å². The van der Waals surface area contributed by atoms with Crippen LogP contribution in [0.15, 0.2) is 48.2 Å². The first-order valence-electron chi connectivity index (χ1n) is 9.99. The van der Waals surface area contributed by atoms with Gasteiger partial charge in [-0.3, -0.25) is 10.1 Å². The maximum Gasteiger partial charge on any atom is 0.257 e. The molecular formula is C22H28FN3O2S. The van der Waals surface area contributed by atoms with Crippen LogP contribution in [0.4, 0.5) is 4.39 Å². The number of thiocarbonyl (C=S) groups is 1. The summed E-state index contributed by atoms with van der Waals surface area (Å²) in [6.45, 7) is 5.40. The van der Waals surface area contributed by atoms with Gasteiger partial charge in [-0.2, -0.15) is 0 Å². The van der Waals surface area contributed by atoms with Crippen molar-refractivity contribution in [2.75, 3.05) is 13.1 Å². The number of likely N-dealkylation sites (tertiary alicyclic amines) is 1. The van der Waals surface area contributed by atoms with Crippen molar-refractivity contribution < 1.29 is 14.0 Å². The summed E-state index contributed by atoms with van der Waals surface area (Å²) in [7, 11) is 0. The Hall–Kier alpha value is -2.54. The van der Waals surface area contributed by atoms with E-state index in [1.54, 1.807) is 0 Å². The molecule has 1 amide bonds. The second-order valence-corrected chi connectivity index (χ2v) is 7.12. The highest BCUT2D eigenvalue weighted by Crippen LogP contribution is 2.29. The van der Waals surface area contributed by atoms with Gasteiger partial charge in [0.15, 0.2) is 5.11 Å². The lowest BCUT2D eigenvalue weighted by molar-refractivity contribution is -0.108. The third-order valence-corrected chi connectivity index (χ3v) is 5.23. The van der Waals surface area contributed by atoms with Gasteiger partial charge in [0, 0.05) is 31.3 Å². The highest BCUT2D eigenvalue weighted by molar-refractivity contribution is 7.80. The van der Waals surface area contributed by atoms with Gasteiger partial charge in [0.2, 0.25) is 0 Å². The largest absolute Gasteiger partial charge is 0.387 e. The quantitative estimate of drug-likeness (QED) is 0.579. The number of nitrogens with zero attached hydrogens (tertiary/aromatic N) is 1. The molecule has 2 aliphatic heterocycles. The summed E-state index contributed by atoms with van der Waals surface area (Å²) in [5.74, 6) is -0.562. The third-order valence-electron chi connectivity index (χ3n) is 4.90. The molecule has 2 atom stereocenters. The first-order chi connectivity index (χ1) is 14.1. The molecule has 2 heterocycles. The third kappa shape index (κ3) is 6.22. The number of rotatable bonds is 4. The van der Waals surface area contributed by atoms with E-state index in [2.05, 4.69) is 16.7 Å². The first-order valence-corrected chi connectivity index (χ1v) is 10.4. The lowest BCUT2D eigenvalue weighted by atomic mass is 9.87. The number of carbonyl (C=O) groups is 2. The summed E-state index contributed by atoms with van der Waals surface area (Å²) < 4.78 is 13.1. The van der Waals surface area contributed by atoms with E-state index in [0.717, 1.165) is 31.2 Å². The van der Waals surface area contributed by atoms with Crippen LogP contribution in [0.5, 0.6) is 0 Å². The van der Waals surface area contributed by atoms with Gasteiger partial charge in [-0.05, 0) is 60.8 Å². The lowest BCUT2D eigenvalue weighted by Crippen LogP contribution is -2.53. The minimum absolute atomic E-state index is 0.0398. The van der Waals surface area contributed by atoms with Gasteiger partial charge in [0.1, 0.15) is 12.1 Å². The number of amides is 1. The van der Waals surface area contributed by atoms with Gasteiger partial charge in [0.25, 0.3) is 5.91 Å². The van der Waals surface area contributed by atoms with E-state index in [0.29, 0.717) is 23.6 Å². The van der Waals surface area contributed by atoms with Gasteiger partial charge in [-0.15, -0.1) is 0 Å². The lowest BCUT2D eigenvalue weighted by Gasteiger charge is -2.41. The van der Waals surface area contributed by atoms with E-state index in [-0.39, 0.29) is 17.9 Å². The van der Waals surface area contributed by atoms with Crippen molar-refractivity contribution in [1.82, 2.24) is 15.5 Å². The number of carbonyl (C=O) groups excluding carboxylic acids is 2. The zero-order valence-corrected chi connectivity index (χ0v) is 17.7. The van der Waals surface area contributed by atoms with Gasteiger partial charge >= 0.3 is 0 Å². The fourth-order valence-electron chi connectivity index (χ4n) is 3.48. The van der Waals surface area contributed by atoms with Crippen molar-refractivity contribution in [1.29, 1.82) is 0 Å². The molecule has 5 nitrogen and oxygen atoms in total. The van der Waals surface area contributed by atoms with Crippen LogP contribution in [-0.4, -0.2) is 41.3 Å². The smallest absolute Gasteiger partial charge is 0.257 e. The Morgan fingerprint density at radius 1 is 1.31 bits per heavy atom. The van der Waals surface area contributed by atoms with Crippen molar-refractivity contribution in [3.63, 3.8) is 0 Å². The molecule has 1 aromatic rings. The van der Waals surface area contributed by atoms with E-state index in [9.17, 15) is 14.0 Å². The monoisotopic (exact) mass is 417 g/mol. The maximum absolute atomic E-state index is 13.1. The molecule has 0 bridgehead atoms. The molecule has 0 saturated carbocycles. The molecule has 29 heavy (non-hydrogen) atoms. The zero-order valence-electron chi connectivity index (χ0n) is 16.9. The predicted molar refractivity (Wildman–Crippen MR) is 117 cm³/mol. The minimum Gasteiger partial charge on any atom is -0.387 e. The average Bonchev–Trinajstić information content (AvgIpc) is 2.76. The van der Waals surface area contributed by atoms with Gasteiger partial charge < -0.3 is 15.0 Å². The molecule has 2 N–H and O–H groups in total. The molecule has 1 aromatic carbocycles. The highest BCUT2D eigenvalue weighted by atomic mass is 32.1. The molecule has 0 aromatic heterocycles. The van der Waals surface area contributed by atoms with Crippen LogP contribution in [0.2, 0.25) is 0 Å². The fraction of sp³-hybridized carbons (Fsp3) is 0.409. The number of hydrogen-bond donors (Lipinski definition) is 2. The Kier molecular flexibility index (Phi) is 8.99. The normalized spacial score (nSPS) is 20.5. The second-order valence-electron chi connectivity index (χ2n) is 6.74. The fourth-order valence-corrected chi connectivity index (χ4v) is 3.78. The number of nitrogens with one attached hydrogen (secondary N) is 2. The highest BCUT2D eigenvalue weighted by Gasteiger charge is 2.32. The Morgan fingerprint density at radius 2 is 2.03 bits per heavy atom. The van der Waals surface area contributed by atoms with Crippen LogP contribution < -0.4 is 10.6 Å². The molecule has 1 saturated heterocycles. The van der Waals surface area contributed by atoms with Crippen LogP contribution >= 0.6 is 12.2 Å². The van der Waals surface area contributed by atoms with Crippen molar-refractivity contribution >= 4 is 29.5 Å². The van der Waals surface area contributed by atoms with Crippen LogP contribution in [0.3, 0.4) is 0 Å². The number of benzene rings is 1. The standard InChI is InChI=1S/C20H22FN3O2S.C2H6/c21-17-6-4-15(5-7-17)19(26)23-20(27)24-13-14(9-11-25)3-8-18(24)16-2-1-10-22-12-16;1-2/h1-2,4-7,11-12,14,18,22H,3,8-10,13H2,(H,23,26,27);1-2H3. The summed E-state index contributed by atoms with van der Waals surface area (Å²) in [5, 5.41) is 6.28. The first kappa shape index (κ1) is 22.7. The summed E-state index contributed by atoms with van der Waals surface area (Å²) >= 11 is 5.52. The average molecular weight is 418 g/mol. The second kappa shape index (κ2) is 11.5. The van der Waals surface area contributed by atoms with E-state index in [4.69, 9.17) is 12.2 Å². The number of dihydropyridines is 1. The van der Waals surface area contributed by atoms with Crippen molar-refractivity contribution in [3.05, 3.63) is 59.6 Å². The predicted octanol–water partition coefficient (Wildman–Crippen LogP) is 3.58. The van der Waals surface area contributed by atoms with E-state index in [1.807, 2.05) is 31.0 Å². The summed E-state index contributed by atoms with van der Waals surface area (Å²) in [6.07, 6.45) is 9.28. The Balaban J connectivity index is 0.00000145. The molecule has 0 spiro atoms. The van der Waals surface area contributed by atoms with E-state index < -0.39 is 5.82 Å². The zero-order chi connectivity index (χ0) is 21.2. The Morgan fingerprint density at radius 3 is 2.66 bits per heavy atom. The molecule has 1 fully saturated rings.